The number of halogens is 1. The molecule has 0 aliphatic rings. The number of alkyl halides is 1. The second-order valence-electron chi connectivity index (χ2n) is 1.47. The summed E-state index contributed by atoms with van der Waals surface area (Å²) in [6.07, 6.45) is 0.831. The number of hydrogen-bond acceptors (Lipinski definition) is 2. The largest absolute Gasteiger partial charge is 0.396 e. The summed E-state index contributed by atoms with van der Waals surface area (Å²) < 4.78 is 0. The number of nitriles is 1. The van der Waals surface area contributed by atoms with Crippen LogP contribution in [0.2, 0.25) is 0 Å². The molecule has 0 saturated heterocycles. The van der Waals surface area contributed by atoms with Gasteiger partial charge in [0.1, 0.15) is 0 Å². The number of hydrogen-bond donors (Lipinski definition) is 1. The Morgan fingerprint density at radius 3 is 2.75 bits per heavy atom. The van der Waals surface area contributed by atoms with Crippen LogP contribution in [0.25, 0.3) is 0 Å². The summed E-state index contributed by atoms with van der Waals surface area (Å²) in [7, 11) is 0. The minimum absolute atomic E-state index is 0.0653. The van der Waals surface area contributed by atoms with E-state index in [1.165, 1.54) is 0 Å². The Morgan fingerprint density at radius 2 is 2.38 bits per heavy atom. The van der Waals surface area contributed by atoms with E-state index in [0.717, 1.165) is 0 Å². The number of nitrogens with zero attached hydrogens (tertiary/aromatic N) is 1. The molecule has 1 unspecified atom stereocenters. The molecule has 0 spiro atoms. The molecule has 2 nitrogen and oxygen atoms in total. The van der Waals surface area contributed by atoms with E-state index >= 15 is 0 Å². The van der Waals surface area contributed by atoms with Crippen molar-refractivity contribution in [3.63, 3.8) is 0 Å². The molecule has 1 atom stereocenters. The van der Waals surface area contributed by atoms with Crippen LogP contribution >= 0.6 is 11.6 Å². The molecule has 0 bridgehead atoms. The van der Waals surface area contributed by atoms with Crippen molar-refractivity contribution < 1.29 is 5.11 Å². The van der Waals surface area contributed by atoms with Gasteiger partial charge >= 0.3 is 0 Å². The first-order valence-electron chi connectivity index (χ1n) is 2.43. The monoisotopic (exact) mass is 133 g/mol. The summed E-state index contributed by atoms with van der Waals surface area (Å²) in [5, 5.41) is 16.1. The molecule has 46 valence electrons. The van der Waals surface area contributed by atoms with Crippen molar-refractivity contribution in [3.8, 4) is 6.07 Å². The van der Waals surface area contributed by atoms with Crippen molar-refractivity contribution in [2.24, 2.45) is 0 Å². The molecule has 0 aliphatic carbocycles. The fourth-order valence-corrected chi connectivity index (χ4v) is 0.508. The van der Waals surface area contributed by atoms with Gasteiger partial charge in [0.15, 0.2) is 0 Å². The van der Waals surface area contributed by atoms with Gasteiger partial charge < -0.3 is 5.11 Å². The Hall–Kier alpha value is -0.260. The average Bonchev–Trinajstić information content (AvgIpc) is 1.68. The van der Waals surface area contributed by atoms with Crippen LogP contribution in [0.15, 0.2) is 0 Å². The first-order valence-corrected chi connectivity index (χ1v) is 2.86. The quantitative estimate of drug-likeness (QED) is 0.581. The van der Waals surface area contributed by atoms with Crippen LogP contribution in [-0.4, -0.2) is 17.1 Å². The zero-order chi connectivity index (χ0) is 6.41. The van der Waals surface area contributed by atoms with Crippen LogP contribution in [0, 0.1) is 11.3 Å². The van der Waals surface area contributed by atoms with Gasteiger partial charge in [0.2, 0.25) is 0 Å². The SMILES string of the molecule is N#CCC(Cl)CCO. The van der Waals surface area contributed by atoms with Crippen LogP contribution in [0.3, 0.4) is 0 Å². The number of aliphatic hydroxyl groups is 1. The van der Waals surface area contributed by atoms with Gasteiger partial charge in [0, 0.05) is 12.0 Å². The molecule has 3 heteroatoms. The van der Waals surface area contributed by atoms with E-state index in [1.54, 1.807) is 0 Å². The maximum Gasteiger partial charge on any atom is 0.0637 e. The van der Waals surface area contributed by atoms with Gasteiger partial charge in [-0.25, -0.2) is 0 Å². The molecular formula is C5H8ClNO. The lowest BCUT2D eigenvalue weighted by atomic mass is 10.2. The molecule has 1 N–H and O–H groups in total. The van der Waals surface area contributed by atoms with Gasteiger partial charge in [-0.1, -0.05) is 0 Å². The van der Waals surface area contributed by atoms with E-state index in [1.807, 2.05) is 6.07 Å². The van der Waals surface area contributed by atoms with Gasteiger partial charge in [-0.05, 0) is 6.42 Å². The van der Waals surface area contributed by atoms with E-state index in [4.69, 9.17) is 22.0 Å². The molecule has 0 fully saturated rings. The van der Waals surface area contributed by atoms with Crippen LogP contribution in [0.4, 0.5) is 0 Å². The van der Waals surface area contributed by atoms with Gasteiger partial charge in [-0.3, -0.25) is 0 Å². The molecule has 0 heterocycles. The second kappa shape index (κ2) is 4.89. The molecule has 0 amide bonds. The van der Waals surface area contributed by atoms with E-state index < -0.39 is 0 Å². The maximum atomic E-state index is 8.27. The summed E-state index contributed by atoms with van der Waals surface area (Å²) in [5.41, 5.74) is 0. The standard InChI is InChI=1S/C5H8ClNO/c6-5(1-3-7)2-4-8/h5,8H,1-2,4H2. The molecule has 0 rings (SSSR count). The smallest absolute Gasteiger partial charge is 0.0637 e. The Bertz CT molecular complexity index is 88.9. The van der Waals surface area contributed by atoms with E-state index in [-0.39, 0.29) is 12.0 Å². The second-order valence-corrected chi connectivity index (χ2v) is 2.09. The van der Waals surface area contributed by atoms with Crippen LogP contribution in [-0.2, 0) is 0 Å². The minimum atomic E-state index is -0.176. The third kappa shape index (κ3) is 3.91. The summed E-state index contributed by atoms with van der Waals surface area (Å²) >= 11 is 5.50. The van der Waals surface area contributed by atoms with Gasteiger partial charge in [-0.2, -0.15) is 5.26 Å². The third-order valence-electron chi connectivity index (χ3n) is 0.755. The molecule has 0 radical (unpaired) electrons. The zero-order valence-electron chi connectivity index (χ0n) is 4.47. The Balaban J connectivity index is 3.08. The minimum Gasteiger partial charge on any atom is -0.396 e. The van der Waals surface area contributed by atoms with Gasteiger partial charge in [0.25, 0.3) is 0 Å². The normalized spacial score (nSPS) is 12.6. The highest BCUT2D eigenvalue weighted by Gasteiger charge is 1.99. The van der Waals surface area contributed by atoms with Crippen LogP contribution in [0.5, 0.6) is 0 Å². The van der Waals surface area contributed by atoms with Crippen molar-refractivity contribution in [2.45, 2.75) is 18.2 Å². The Kier molecular flexibility index (Phi) is 4.73. The summed E-state index contributed by atoms with van der Waals surface area (Å²) in [6, 6.07) is 1.91. The molecule has 0 aliphatic heterocycles. The van der Waals surface area contributed by atoms with Crippen molar-refractivity contribution >= 4 is 11.6 Å². The summed E-state index contributed by atoms with van der Waals surface area (Å²) in [5.74, 6) is 0. The molecule has 0 aromatic heterocycles. The third-order valence-corrected chi connectivity index (χ3v) is 1.13. The molecular weight excluding hydrogens is 126 g/mol. The van der Waals surface area contributed by atoms with E-state index in [2.05, 4.69) is 0 Å². The molecule has 0 saturated carbocycles. The highest BCUT2D eigenvalue weighted by molar-refractivity contribution is 6.20. The highest BCUT2D eigenvalue weighted by Crippen LogP contribution is 2.03. The first-order chi connectivity index (χ1) is 3.81. The van der Waals surface area contributed by atoms with Crippen LogP contribution < -0.4 is 0 Å². The van der Waals surface area contributed by atoms with Crippen molar-refractivity contribution in [1.82, 2.24) is 0 Å². The first kappa shape index (κ1) is 7.74. The highest BCUT2D eigenvalue weighted by atomic mass is 35.5. The fourth-order valence-electron chi connectivity index (χ4n) is 0.341. The number of rotatable bonds is 3. The van der Waals surface area contributed by atoms with Crippen molar-refractivity contribution in [2.75, 3.05) is 6.61 Å². The lowest BCUT2D eigenvalue weighted by Gasteiger charge is -1.97. The van der Waals surface area contributed by atoms with Crippen molar-refractivity contribution in [3.05, 3.63) is 0 Å². The molecule has 0 aromatic carbocycles. The summed E-state index contributed by atoms with van der Waals surface area (Å²) in [6.45, 7) is 0.0653. The van der Waals surface area contributed by atoms with Crippen LogP contribution in [0.1, 0.15) is 12.8 Å². The van der Waals surface area contributed by atoms with E-state index in [0.29, 0.717) is 12.8 Å². The summed E-state index contributed by atoms with van der Waals surface area (Å²) in [4.78, 5) is 0. The fraction of sp³-hybridized carbons (Fsp3) is 0.800. The molecule has 0 aromatic rings. The predicted molar refractivity (Wildman–Crippen MR) is 31.6 cm³/mol. The Labute approximate surface area is 53.7 Å². The van der Waals surface area contributed by atoms with Crippen molar-refractivity contribution in [1.29, 1.82) is 5.26 Å². The lowest BCUT2D eigenvalue weighted by Crippen LogP contribution is -1.98. The Morgan fingerprint density at radius 1 is 1.75 bits per heavy atom. The van der Waals surface area contributed by atoms with E-state index in [9.17, 15) is 0 Å². The van der Waals surface area contributed by atoms with Gasteiger partial charge in [0.05, 0.1) is 12.5 Å². The number of aliphatic hydroxyl groups excluding tert-OH is 1. The van der Waals surface area contributed by atoms with Gasteiger partial charge in [-0.15, -0.1) is 11.6 Å². The molecule has 8 heavy (non-hydrogen) atoms. The average molecular weight is 134 g/mol. The topological polar surface area (TPSA) is 44.0 Å². The lowest BCUT2D eigenvalue weighted by molar-refractivity contribution is 0.286. The predicted octanol–water partition coefficient (Wildman–Crippen LogP) is 0.890. The zero-order valence-corrected chi connectivity index (χ0v) is 5.23. The maximum absolute atomic E-state index is 8.27.